The summed E-state index contributed by atoms with van der Waals surface area (Å²) >= 11 is 1.33. The second-order valence-electron chi connectivity index (χ2n) is 7.10. The van der Waals surface area contributed by atoms with E-state index in [1.807, 2.05) is 4.90 Å². The van der Waals surface area contributed by atoms with Gasteiger partial charge in [0.1, 0.15) is 12.3 Å². The summed E-state index contributed by atoms with van der Waals surface area (Å²) in [6.45, 7) is 8.36. The van der Waals surface area contributed by atoms with Crippen molar-refractivity contribution in [3.63, 3.8) is 0 Å². The molecule has 1 aromatic heterocycles. The number of carbonyl (C=O) groups excluding carboxylic acids is 2. The zero-order valence-corrected chi connectivity index (χ0v) is 17.2. The first-order valence-electron chi connectivity index (χ1n) is 9.48. The Bertz CT molecular complexity index is 815. The SMILES string of the molecule is Cc1cc(NC(=O)CSCC(=O)N2CC[NH+](Cc3ccccc3C)CC2)no1. The number of nitrogens with one attached hydrogen (secondary N) is 2. The Labute approximate surface area is 169 Å². The van der Waals surface area contributed by atoms with Crippen LogP contribution in [0.15, 0.2) is 34.9 Å². The Morgan fingerprint density at radius 1 is 1.21 bits per heavy atom. The maximum atomic E-state index is 12.4. The van der Waals surface area contributed by atoms with Crippen LogP contribution in [0.25, 0.3) is 0 Å². The van der Waals surface area contributed by atoms with Crippen molar-refractivity contribution in [3.05, 3.63) is 47.2 Å². The van der Waals surface area contributed by atoms with Crippen molar-refractivity contribution in [3.8, 4) is 0 Å². The lowest BCUT2D eigenvalue weighted by atomic mass is 10.1. The lowest BCUT2D eigenvalue weighted by molar-refractivity contribution is -0.917. The average Bonchev–Trinajstić information content (AvgIpc) is 3.08. The molecule has 3 rings (SSSR count). The van der Waals surface area contributed by atoms with Crippen molar-refractivity contribution in [2.75, 3.05) is 43.0 Å². The van der Waals surface area contributed by atoms with Crippen molar-refractivity contribution in [2.24, 2.45) is 0 Å². The summed E-state index contributed by atoms with van der Waals surface area (Å²) in [7, 11) is 0. The van der Waals surface area contributed by atoms with Crippen LogP contribution in [-0.2, 0) is 16.1 Å². The van der Waals surface area contributed by atoms with E-state index in [1.165, 1.54) is 27.8 Å². The summed E-state index contributed by atoms with van der Waals surface area (Å²) in [5.41, 5.74) is 2.70. The van der Waals surface area contributed by atoms with Crippen LogP contribution in [0.4, 0.5) is 5.82 Å². The maximum absolute atomic E-state index is 12.4. The number of hydrogen-bond acceptors (Lipinski definition) is 5. The molecule has 8 heteroatoms. The third-order valence-electron chi connectivity index (χ3n) is 4.88. The average molecular weight is 404 g/mol. The van der Waals surface area contributed by atoms with E-state index in [0.29, 0.717) is 17.3 Å². The van der Waals surface area contributed by atoms with Crippen LogP contribution < -0.4 is 10.2 Å². The molecule has 7 nitrogen and oxygen atoms in total. The molecule has 0 saturated carbocycles. The number of aromatic nitrogens is 1. The minimum atomic E-state index is -0.182. The van der Waals surface area contributed by atoms with E-state index < -0.39 is 0 Å². The predicted octanol–water partition coefficient (Wildman–Crippen LogP) is 0.890. The number of piperazine rings is 1. The Kier molecular flexibility index (Phi) is 7.11. The number of hydrogen-bond donors (Lipinski definition) is 2. The third-order valence-corrected chi connectivity index (χ3v) is 5.80. The summed E-state index contributed by atoms with van der Waals surface area (Å²) in [5.74, 6) is 1.50. The summed E-state index contributed by atoms with van der Waals surface area (Å²) in [5, 5.41) is 6.38. The molecule has 2 N–H and O–H groups in total. The highest BCUT2D eigenvalue weighted by Gasteiger charge is 2.24. The molecule has 150 valence electrons. The smallest absolute Gasteiger partial charge is 0.235 e. The van der Waals surface area contributed by atoms with Gasteiger partial charge in [0.05, 0.1) is 37.7 Å². The molecule has 2 heterocycles. The van der Waals surface area contributed by atoms with Crippen molar-refractivity contribution in [1.82, 2.24) is 10.1 Å². The van der Waals surface area contributed by atoms with Crippen LogP contribution in [0.5, 0.6) is 0 Å². The number of rotatable bonds is 7. The van der Waals surface area contributed by atoms with Crippen LogP contribution in [-0.4, -0.2) is 59.6 Å². The van der Waals surface area contributed by atoms with Crippen LogP contribution in [0.1, 0.15) is 16.9 Å². The largest absolute Gasteiger partial charge is 0.360 e. The highest BCUT2D eigenvalue weighted by Crippen LogP contribution is 2.09. The fraction of sp³-hybridized carbons (Fsp3) is 0.450. The molecular formula is C20H27N4O3S+. The topological polar surface area (TPSA) is 79.9 Å². The third kappa shape index (κ3) is 5.84. The molecular weight excluding hydrogens is 376 g/mol. The number of thioether (sulfide) groups is 1. The van der Waals surface area contributed by atoms with E-state index in [1.54, 1.807) is 13.0 Å². The molecule has 0 unspecified atom stereocenters. The minimum absolute atomic E-state index is 0.102. The number of nitrogens with zero attached hydrogens (tertiary/aromatic N) is 2. The van der Waals surface area contributed by atoms with Gasteiger partial charge in [0.15, 0.2) is 5.82 Å². The van der Waals surface area contributed by atoms with Crippen LogP contribution >= 0.6 is 11.8 Å². The number of anilines is 1. The van der Waals surface area contributed by atoms with Gasteiger partial charge in [-0.05, 0) is 19.4 Å². The molecule has 1 aromatic carbocycles. The molecule has 1 aliphatic heterocycles. The van der Waals surface area contributed by atoms with Gasteiger partial charge >= 0.3 is 0 Å². The van der Waals surface area contributed by atoms with Crippen molar-refractivity contribution >= 4 is 29.4 Å². The first-order valence-corrected chi connectivity index (χ1v) is 10.6. The number of amides is 2. The molecule has 0 spiro atoms. The fourth-order valence-electron chi connectivity index (χ4n) is 3.25. The van der Waals surface area contributed by atoms with E-state index in [9.17, 15) is 9.59 Å². The van der Waals surface area contributed by atoms with Gasteiger partial charge < -0.3 is 19.6 Å². The Hall–Kier alpha value is -2.32. The summed E-state index contributed by atoms with van der Waals surface area (Å²) in [6.07, 6.45) is 0. The Balaban J connectivity index is 1.34. The van der Waals surface area contributed by atoms with Gasteiger partial charge in [0.25, 0.3) is 0 Å². The molecule has 0 atom stereocenters. The van der Waals surface area contributed by atoms with E-state index in [2.05, 4.69) is 41.7 Å². The minimum Gasteiger partial charge on any atom is -0.360 e. The monoisotopic (exact) mass is 403 g/mol. The van der Waals surface area contributed by atoms with E-state index in [-0.39, 0.29) is 17.6 Å². The van der Waals surface area contributed by atoms with E-state index in [4.69, 9.17) is 4.52 Å². The number of quaternary nitrogens is 1. The van der Waals surface area contributed by atoms with Crippen LogP contribution in [0.2, 0.25) is 0 Å². The van der Waals surface area contributed by atoms with Crippen LogP contribution in [0, 0.1) is 13.8 Å². The molecule has 0 radical (unpaired) electrons. The summed E-state index contributed by atoms with van der Waals surface area (Å²) in [6, 6.07) is 10.1. The van der Waals surface area contributed by atoms with Gasteiger partial charge in [0.2, 0.25) is 11.8 Å². The Morgan fingerprint density at radius 3 is 2.64 bits per heavy atom. The lowest BCUT2D eigenvalue weighted by Crippen LogP contribution is -3.13. The number of benzene rings is 1. The number of aryl methyl sites for hydroxylation is 2. The second kappa shape index (κ2) is 9.75. The van der Waals surface area contributed by atoms with Gasteiger partial charge in [0, 0.05) is 11.6 Å². The lowest BCUT2D eigenvalue weighted by Gasteiger charge is -2.32. The quantitative estimate of drug-likeness (QED) is 0.718. The molecule has 0 aliphatic carbocycles. The first kappa shape index (κ1) is 20.4. The zero-order valence-electron chi connectivity index (χ0n) is 16.4. The highest BCUT2D eigenvalue weighted by atomic mass is 32.2. The van der Waals surface area contributed by atoms with E-state index in [0.717, 1.165) is 32.7 Å². The number of carbonyl (C=O) groups is 2. The Morgan fingerprint density at radius 2 is 1.96 bits per heavy atom. The first-order chi connectivity index (χ1) is 13.5. The van der Waals surface area contributed by atoms with Crippen LogP contribution in [0.3, 0.4) is 0 Å². The second-order valence-corrected chi connectivity index (χ2v) is 8.08. The normalized spacial score (nSPS) is 14.9. The van der Waals surface area contributed by atoms with Crippen molar-refractivity contribution < 1.29 is 19.0 Å². The standard InChI is InChI=1S/C20H26N4O3S/c1-15-5-3-4-6-17(15)12-23-7-9-24(10-8-23)20(26)14-28-13-19(25)21-18-11-16(2)27-22-18/h3-6,11H,7-10,12-14H2,1-2H3,(H,21,22,25)/p+1. The fourth-order valence-corrected chi connectivity index (χ4v) is 3.97. The molecule has 1 saturated heterocycles. The summed E-state index contributed by atoms with van der Waals surface area (Å²) < 4.78 is 4.91. The molecule has 1 fully saturated rings. The van der Waals surface area contributed by atoms with Crippen molar-refractivity contribution in [1.29, 1.82) is 0 Å². The van der Waals surface area contributed by atoms with E-state index >= 15 is 0 Å². The molecule has 28 heavy (non-hydrogen) atoms. The molecule has 2 amide bonds. The zero-order chi connectivity index (χ0) is 19.9. The van der Waals surface area contributed by atoms with Gasteiger partial charge in [-0.25, -0.2) is 0 Å². The van der Waals surface area contributed by atoms with Gasteiger partial charge in [-0.3, -0.25) is 9.59 Å². The maximum Gasteiger partial charge on any atom is 0.235 e. The van der Waals surface area contributed by atoms with Crippen molar-refractivity contribution in [2.45, 2.75) is 20.4 Å². The van der Waals surface area contributed by atoms with Gasteiger partial charge in [-0.2, -0.15) is 0 Å². The molecule has 0 bridgehead atoms. The molecule has 1 aliphatic rings. The summed E-state index contributed by atoms with van der Waals surface area (Å²) in [4.78, 5) is 27.7. The molecule has 2 aromatic rings. The van der Waals surface area contributed by atoms with Gasteiger partial charge in [-0.15, -0.1) is 11.8 Å². The highest BCUT2D eigenvalue weighted by molar-refractivity contribution is 8.00. The predicted molar refractivity (Wildman–Crippen MR) is 109 cm³/mol. The van der Waals surface area contributed by atoms with Gasteiger partial charge in [-0.1, -0.05) is 29.4 Å².